The first kappa shape index (κ1) is 14.1. The average Bonchev–Trinajstić information content (AvgIpc) is 2.34. The molecule has 3 nitrogen and oxygen atoms in total. The fourth-order valence-corrected chi connectivity index (χ4v) is 1.93. The standard InChI is InChI=1S/C13H20N2OS/c1-17-12-7-5-11(6-8-12)10-15-9-3-2-4-13(14)16/h5-8,15H,2-4,9-10H2,1H3,(H2,14,16). The van der Waals surface area contributed by atoms with E-state index in [1.165, 1.54) is 10.5 Å². The van der Waals surface area contributed by atoms with Crippen molar-refractivity contribution in [3.8, 4) is 0 Å². The molecule has 3 N–H and O–H groups in total. The Morgan fingerprint density at radius 3 is 2.59 bits per heavy atom. The fraction of sp³-hybridized carbons (Fsp3) is 0.462. The van der Waals surface area contributed by atoms with Gasteiger partial charge < -0.3 is 11.1 Å². The maximum absolute atomic E-state index is 10.5. The minimum Gasteiger partial charge on any atom is -0.370 e. The van der Waals surface area contributed by atoms with Crippen LogP contribution in [0.5, 0.6) is 0 Å². The normalized spacial score (nSPS) is 10.4. The first-order chi connectivity index (χ1) is 8.22. The summed E-state index contributed by atoms with van der Waals surface area (Å²) < 4.78 is 0. The number of carbonyl (C=O) groups is 1. The Morgan fingerprint density at radius 2 is 2.00 bits per heavy atom. The Balaban J connectivity index is 2.11. The van der Waals surface area contributed by atoms with Crippen molar-refractivity contribution in [3.63, 3.8) is 0 Å². The molecule has 1 aromatic carbocycles. The summed E-state index contributed by atoms with van der Waals surface area (Å²) in [5.74, 6) is -0.211. The van der Waals surface area contributed by atoms with Crippen molar-refractivity contribution in [2.75, 3.05) is 12.8 Å². The molecule has 4 heteroatoms. The Kier molecular flexibility index (Phi) is 6.74. The van der Waals surface area contributed by atoms with Gasteiger partial charge in [-0.05, 0) is 43.3 Å². The van der Waals surface area contributed by atoms with E-state index in [-0.39, 0.29) is 5.91 Å². The molecule has 94 valence electrons. The van der Waals surface area contributed by atoms with E-state index in [2.05, 4.69) is 35.8 Å². The highest BCUT2D eigenvalue weighted by Crippen LogP contribution is 2.14. The summed E-state index contributed by atoms with van der Waals surface area (Å²) in [7, 11) is 0. The molecule has 0 fully saturated rings. The van der Waals surface area contributed by atoms with Gasteiger partial charge in [0.15, 0.2) is 0 Å². The van der Waals surface area contributed by atoms with Gasteiger partial charge in [0.1, 0.15) is 0 Å². The predicted molar refractivity (Wildman–Crippen MR) is 73.0 cm³/mol. The highest BCUT2D eigenvalue weighted by atomic mass is 32.2. The molecule has 0 aromatic heterocycles. The van der Waals surface area contributed by atoms with Crippen LogP contribution in [0.15, 0.2) is 29.2 Å². The lowest BCUT2D eigenvalue weighted by Crippen LogP contribution is -2.16. The number of hydrogen-bond donors (Lipinski definition) is 2. The highest BCUT2D eigenvalue weighted by molar-refractivity contribution is 7.98. The van der Waals surface area contributed by atoms with Crippen molar-refractivity contribution in [3.05, 3.63) is 29.8 Å². The quantitative estimate of drug-likeness (QED) is 0.550. The molecule has 0 saturated heterocycles. The van der Waals surface area contributed by atoms with Crippen LogP contribution in [0, 0.1) is 0 Å². The van der Waals surface area contributed by atoms with Crippen LogP contribution in [-0.4, -0.2) is 18.7 Å². The highest BCUT2D eigenvalue weighted by Gasteiger charge is 1.96. The Morgan fingerprint density at radius 1 is 1.29 bits per heavy atom. The summed E-state index contributed by atoms with van der Waals surface area (Å²) in [4.78, 5) is 11.8. The molecule has 0 unspecified atom stereocenters. The van der Waals surface area contributed by atoms with Crippen molar-refractivity contribution < 1.29 is 4.79 Å². The molecular weight excluding hydrogens is 232 g/mol. The number of benzene rings is 1. The van der Waals surface area contributed by atoms with Gasteiger partial charge in [-0.2, -0.15) is 0 Å². The molecule has 1 aromatic rings. The Bertz CT molecular complexity index is 338. The van der Waals surface area contributed by atoms with E-state index in [4.69, 9.17) is 5.73 Å². The zero-order valence-corrected chi connectivity index (χ0v) is 11.1. The molecule has 0 aliphatic rings. The summed E-state index contributed by atoms with van der Waals surface area (Å²) in [6.07, 6.45) is 4.43. The maximum atomic E-state index is 10.5. The number of unbranched alkanes of at least 4 members (excludes halogenated alkanes) is 1. The zero-order valence-electron chi connectivity index (χ0n) is 10.2. The van der Waals surface area contributed by atoms with Crippen LogP contribution in [0.3, 0.4) is 0 Å². The van der Waals surface area contributed by atoms with Crippen LogP contribution in [-0.2, 0) is 11.3 Å². The van der Waals surface area contributed by atoms with Gasteiger partial charge in [0.2, 0.25) is 5.91 Å². The third kappa shape index (κ3) is 6.34. The summed E-state index contributed by atoms with van der Waals surface area (Å²) >= 11 is 1.75. The first-order valence-electron chi connectivity index (χ1n) is 5.84. The summed E-state index contributed by atoms with van der Waals surface area (Å²) in [5.41, 5.74) is 6.35. The molecule has 0 saturated carbocycles. The van der Waals surface area contributed by atoms with E-state index >= 15 is 0 Å². The van der Waals surface area contributed by atoms with Crippen LogP contribution >= 0.6 is 11.8 Å². The van der Waals surface area contributed by atoms with Crippen LogP contribution in [0.1, 0.15) is 24.8 Å². The van der Waals surface area contributed by atoms with Crippen molar-refractivity contribution in [2.24, 2.45) is 5.73 Å². The third-order valence-corrected chi connectivity index (χ3v) is 3.26. The summed E-state index contributed by atoms with van der Waals surface area (Å²) in [6.45, 7) is 1.81. The second-order valence-electron chi connectivity index (χ2n) is 3.95. The van der Waals surface area contributed by atoms with Gasteiger partial charge in [0.05, 0.1) is 0 Å². The molecule has 0 spiro atoms. The maximum Gasteiger partial charge on any atom is 0.217 e. The van der Waals surface area contributed by atoms with Gasteiger partial charge in [0.25, 0.3) is 0 Å². The van der Waals surface area contributed by atoms with Crippen molar-refractivity contribution in [2.45, 2.75) is 30.7 Å². The number of nitrogens with two attached hydrogens (primary N) is 1. The third-order valence-electron chi connectivity index (χ3n) is 2.51. The van der Waals surface area contributed by atoms with Gasteiger partial charge in [0, 0.05) is 17.9 Å². The van der Waals surface area contributed by atoms with Crippen molar-refractivity contribution in [1.29, 1.82) is 0 Å². The molecule has 0 bridgehead atoms. The number of rotatable bonds is 8. The lowest BCUT2D eigenvalue weighted by Gasteiger charge is -2.05. The molecular formula is C13H20N2OS. The second kappa shape index (κ2) is 8.14. The van der Waals surface area contributed by atoms with E-state index in [0.717, 1.165) is 25.9 Å². The predicted octanol–water partition coefficient (Wildman–Crippen LogP) is 2.15. The number of carbonyl (C=O) groups excluding carboxylic acids is 1. The van der Waals surface area contributed by atoms with Crippen LogP contribution < -0.4 is 11.1 Å². The number of hydrogen-bond acceptors (Lipinski definition) is 3. The van der Waals surface area contributed by atoms with Crippen LogP contribution in [0.2, 0.25) is 0 Å². The minimum absolute atomic E-state index is 0.211. The van der Waals surface area contributed by atoms with Gasteiger partial charge in [-0.15, -0.1) is 11.8 Å². The zero-order chi connectivity index (χ0) is 12.5. The molecule has 17 heavy (non-hydrogen) atoms. The lowest BCUT2D eigenvalue weighted by atomic mass is 10.2. The number of nitrogens with one attached hydrogen (secondary N) is 1. The number of thioether (sulfide) groups is 1. The number of amides is 1. The van der Waals surface area contributed by atoms with Crippen molar-refractivity contribution >= 4 is 17.7 Å². The summed E-state index contributed by atoms with van der Waals surface area (Å²) in [6, 6.07) is 8.55. The SMILES string of the molecule is CSc1ccc(CNCCCCC(N)=O)cc1. The van der Waals surface area contributed by atoms with Crippen LogP contribution in [0.4, 0.5) is 0 Å². The van der Waals surface area contributed by atoms with E-state index in [1.807, 2.05) is 0 Å². The van der Waals surface area contributed by atoms with Gasteiger partial charge in [-0.1, -0.05) is 12.1 Å². The molecule has 1 amide bonds. The minimum atomic E-state index is -0.211. The summed E-state index contributed by atoms with van der Waals surface area (Å²) in [5, 5.41) is 3.35. The van der Waals surface area contributed by atoms with E-state index in [9.17, 15) is 4.79 Å². The molecule has 0 radical (unpaired) electrons. The lowest BCUT2D eigenvalue weighted by molar-refractivity contribution is -0.118. The monoisotopic (exact) mass is 252 g/mol. The molecule has 0 aliphatic heterocycles. The Labute approximate surface area is 107 Å². The van der Waals surface area contributed by atoms with Gasteiger partial charge in [-0.3, -0.25) is 4.79 Å². The van der Waals surface area contributed by atoms with E-state index in [1.54, 1.807) is 11.8 Å². The van der Waals surface area contributed by atoms with Crippen molar-refractivity contribution in [1.82, 2.24) is 5.32 Å². The largest absolute Gasteiger partial charge is 0.370 e. The number of primary amides is 1. The topological polar surface area (TPSA) is 55.1 Å². The second-order valence-corrected chi connectivity index (χ2v) is 4.83. The molecule has 0 aliphatic carbocycles. The van der Waals surface area contributed by atoms with E-state index in [0.29, 0.717) is 6.42 Å². The van der Waals surface area contributed by atoms with Crippen LogP contribution in [0.25, 0.3) is 0 Å². The van der Waals surface area contributed by atoms with Gasteiger partial charge in [-0.25, -0.2) is 0 Å². The molecule has 0 heterocycles. The van der Waals surface area contributed by atoms with Gasteiger partial charge >= 0.3 is 0 Å². The van der Waals surface area contributed by atoms with E-state index < -0.39 is 0 Å². The first-order valence-corrected chi connectivity index (χ1v) is 7.07. The Hall–Kier alpha value is -1.00. The average molecular weight is 252 g/mol. The smallest absolute Gasteiger partial charge is 0.217 e. The molecule has 1 rings (SSSR count). The molecule has 0 atom stereocenters. The fourth-order valence-electron chi connectivity index (χ4n) is 1.53.